The van der Waals surface area contributed by atoms with Gasteiger partial charge in [0.25, 0.3) is 20.7 Å². The zero-order valence-electron chi connectivity index (χ0n) is 85.6. The molecular formula is C110H150FN5O16S4. The molecule has 0 saturated carbocycles. The topological polar surface area (TPSA) is 247 Å². The van der Waals surface area contributed by atoms with E-state index in [4.69, 9.17) is 101 Å². The van der Waals surface area contributed by atoms with Crippen molar-refractivity contribution in [1.29, 1.82) is 0 Å². The maximum Gasteiger partial charge on any atom is 0.412 e. The predicted octanol–water partition coefficient (Wildman–Crippen LogP) is 23.0. The van der Waals surface area contributed by atoms with Gasteiger partial charge in [-0.05, 0) is 379 Å². The summed E-state index contributed by atoms with van der Waals surface area (Å²) in [5, 5.41) is 16.5. The van der Waals surface area contributed by atoms with Crippen LogP contribution in [0.3, 0.4) is 0 Å². The second kappa shape index (κ2) is 55.6. The minimum Gasteiger partial charge on any atom is -0.496 e. The number of halogens is 1. The van der Waals surface area contributed by atoms with E-state index in [0.717, 1.165) is 53.7 Å². The number of ether oxygens (including phenoxy) is 11. The number of rotatable bonds is 35. The molecule has 8 aromatic carbocycles. The number of hydrogen-bond acceptors (Lipinski definition) is 20. The lowest BCUT2D eigenvalue weighted by Gasteiger charge is -2.22. The number of esters is 4. The van der Waals surface area contributed by atoms with Gasteiger partial charge in [-0.25, -0.2) is 9.18 Å². The molecule has 8 aromatic rings. The highest BCUT2D eigenvalue weighted by atomic mass is 32.1. The molecule has 0 bridgehead atoms. The molecule has 0 aromatic heterocycles. The highest BCUT2D eigenvalue weighted by Crippen LogP contribution is 2.30. The molecule has 5 N–H and O–H groups in total. The number of methoxy groups -OCH3 is 2. The number of nitrogens with one attached hydrogen (secondary N) is 5. The fourth-order valence-corrected chi connectivity index (χ4v) is 13.4. The first kappa shape index (κ1) is 116. The van der Waals surface area contributed by atoms with Crippen LogP contribution in [0.1, 0.15) is 210 Å². The van der Waals surface area contributed by atoms with E-state index in [0.29, 0.717) is 85.5 Å². The third-order valence-corrected chi connectivity index (χ3v) is 23.0. The molecule has 742 valence electrons. The van der Waals surface area contributed by atoms with Crippen LogP contribution in [0.4, 0.5) is 14.9 Å². The molecule has 4 unspecified atom stereocenters. The first-order chi connectivity index (χ1) is 63.5. The summed E-state index contributed by atoms with van der Waals surface area (Å²) >= 11 is 21.4. The predicted molar refractivity (Wildman–Crippen MR) is 559 cm³/mol. The molecule has 0 heterocycles. The third kappa shape index (κ3) is 44.6. The van der Waals surface area contributed by atoms with E-state index in [9.17, 15) is 28.4 Å². The first-order valence-electron chi connectivity index (χ1n) is 46.2. The Bertz CT molecular complexity index is 5280. The zero-order valence-corrected chi connectivity index (χ0v) is 88.9. The van der Waals surface area contributed by atoms with E-state index in [-0.39, 0.29) is 90.1 Å². The van der Waals surface area contributed by atoms with Gasteiger partial charge in [0, 0.05) is 49.9 Å². The Hall–Kier alpha value is -10.8. The Morgan fingerprint density at radius 2 is 0.559 bits per heavy atom. The molecule has 26 heteroatoms. The molecule has 4 atom stereocenters. The highest BCUT2D eigenvalue weighted by Gasteiger charge is 2.30. The van der Waals surface area contributed by atoms with Crippen molar-refractivity contribution >= 4 is 105 Å². The van der Waals surface area contributed by atoms with Gasteiger partial charge in [-0.15, -0.1) is 0 Å². The number of carbonyl (C=O) groups excluding carboxylic acids is 5. The van der Waals surface area contributed by atoms with Crippen molar-refractivity contribution in [1.82, 2.24) is 21.3 Å². The Kier molecular flexibility index (Phi) is 47.3. The summed E-state index contributed by atoms with van der Waals surface area (Å²) in [6, 6.07) is 50.0. The molecular weight excluding hydrogens is 1790 g/mol. The fraction of sp³-hybridized carbons (Fsp3) is 0.482. The number of hydrogen-bond donors (Lipinski definition) is 5. The van der Waals surface area contributed by atoms with Crippen LogP contribution in [0.5, 0.6) is 11.5 Å². The number of anilines is 1. The van der Waals surface area contributed by atoms with Gasteiger partial charge in [-0.1, -0.05) is 133 Å². The van der Waals surface area contributed by atoms with Crippen LogP contribution in [0.15, 0.2) is 152 Å². The van der Waals surface area contributed by atoms with Crippen LogP contribution in [-0.4, -0.2) is 123 Å². The van der Waals surface area contributed by atoms with Gasteiger partial charge < -0.3 is 73.4 Å². The summed E-state index contributed by atoms with van der Waals surface area (Å²) in [4.78, 5) is 61.3. The smallest absolute Gasteiger partial charge is 0.412 e. The van der Waals surface area contributed by atoms with Crippen LogP contribution < -0.4 is 36.1 Å². The molecule has 136 heavy (non-hydrogen) atoms. The summed E-state index contributed by atoms with van der Waals surface area (Å²) in [5.41, 5.74) is 18.8. The van der Waals surface area contributed by atoms with Crippen molar-refractivity contribution in [2.75, 3.05) is 72.1 Å². The number of benzene rings is 8. The summed E-state index contributed by atoms with van der Waals surface area (Å²) in [6.45, 7) is 54.5. The Balaban J connectivity index is 0.000000322. The van der Waals surface area contributed by atoms with Crippen molar-refractivity contribution in [3.8, 4) is 11.5 Å². The van der Waals surface area contributed by atoms with Crippen LogP contribution in [0.2, 0.25) is 0 Å². The van der Waals surface area contributed by atoms with Gasteiger partial charge in [0.1, 0.15) is 49.3 Å². The number of carbonyl (C=O) groups is 5. The molecule has 0 aliphatic heterocycles. The highest BCUT2D eigenvalue weighted by molar-refractivity contribution is 7.80. The van der Waals surface area contributed by atoms with E-state index >= 15 is 0 Å². The Morgan fingerprint density at radius 3 is 0.838 bits per heavy atom. The molecule has 0 saturated heterocycles. The summed E-state index contributed by atoms with van der Waals surface area (Å²) in [5.74, 6) is 0.292. The minimum atomic E-state index is -0.611. The van der Waals surface area contributed by atoms with Gasteiger partial charge in [-0.3, -0.25) is 24.5 Å². The summed E-state index contributed by atoms with van der Waals surface area (Å²) < 4.78 is 75.0. The normalized spacial score (nSPS) is 12.2. The van der Waals surface area contributed by atoms with E-state index in [1.807, 2.05) is 132 Å². The van der Waals surface area contributed by atoms with E-state index < -0.39 is 33.4 Å². The van der Waals surface area contributed by atoms with Gasteiger partial charge >= 0.3 is 30.0 Å². The Morgan fingerprint density at radius 1 is 0.301 bits per heavy atom. The van der Waals surface area contributed by atoms with Crippen molar-refractivity contribution < 1.29 is 80.5 Å². The maximum atomic E-state index is 13.7. The van der Waals surface area contributed by atoms with Crippen LogP contribution in [-0.2, 0) is 114 Å². The Labute approximate surface area is 831 Å². The summed E-state index contributed by atoms with van der Waals surface area (Å²) in [6.07, 6.45) is 2.44. The molecule has 8 rings (SSSR count). The number of thiocarbonyl (C=S) groups is 4. The minimum absolute atomic E-state index is 0.00624. The van der Waals surface area contributed by atoms with Crippen molar-refractivity contribution in [2.45, 2.75) is 238 Å². The van der Waals surface area contributed by atoms with Gasteiger partial charge in [0.05, 0.1) is 68.0 Å². The number of amides is 1. The second-order valence-electron chi connectivity index (χ2n) is 40.2. The van der Waals surface area contributed by atoms with E-state index in [2.05, 4.69) is 174 Å². The second-order valence-corrected chi connectivity index (χ2v) is 41.7. The summed E-state index contributed by atoms with van der Waals surface area (Å²) in [7, 11) is 3.18. The van der Waals surface area contributed by atoms with Gasteiger partial charge in [-0.2, -0.15) is 0 Å². The largest absolute Gasteiger partial charge is 0.496 e. The SMILES string of the molecule is COc1cc(COC(=S)NCC(COC(=O)C(C)(C)C)Cc2ccc(C)c(C)c2)ccc1C.COc1cc(COC(=S)NCC(COC(=O)C(C)(C)C)Cc2ccc(C)c(C)c2)ccc1NC(=O)OC(C)(C)C.Cc1ccc(CC(CNC(=S)OCc2ccc(C)c(F)c2)COC(=O)C(C)(C)C)cc1C.Cc1ccc(COC(=S)NCC(COC(=O)C(C)(C)C)Cc2ccc(C)c(C)c2)cc1. The van der Waals surface area contributed by atoms with Gasteiger partial charge in [0.2, 0.25) is 0 Å². The van der Waals surface area contributed by atoms with Crippen LogP contribution >= 0.6 is 48.9 Å². The lowest BCUT2D eigenvalue weighted by atomic mass is 9.96. The molecule has 1 amide bonds. The monoisotopic (exact) mass is 1940 g/mol. The fourth-order valence-electron chi connectivity index (χ4n) is 12.9. The maximum absolute atomic E-state index is 13.7. The van der Waals surface area contributed by atoms with Gasteiger partial charge in [0.15, 0.2) is 0 Å². The lowest BCUT2D eigenvalue weighted by Crippen LogP contribution is -2.34. The quantitative estimate of drug-likeness (QED) is 0.0141. The molecule has 0 aliphatic rings. The standard InChI is InChI=1S/C31H44N2O6S.C27H37NO4S.C26H34FNO3S.C26H35NO3S/c1-20-10-11-22(14-21(20)2)15-24(19-37-27(34)30(3,4)5)17-32-29(40)38-18-23-12-13-25(26(16-23)36-9)33-28(35)39-31(6,7)8;1-18-8-10-21(12-20(18)3)13-23(17-31-25(29)27(4,5)6)15-28-26(33)32-16-22-11-9-19(2)24(14-22)30-7;1-17-7-9-20(11-19(17)3)12-22(16-30-24(29)26(4,5)6)14-28-25(32)31-15-21-10-8-18(2)23(27)13-21;1-18-7-10-21(11-8-18)16-30-25(31)27-15-23(17-29-24(28)26(4,5)6)14-22-12-9-19(2)20(3)13-22/h10-14,16,24H,15,17-19H2,1-9H3,(H,32,40)(H,33,35);8-12,14,23H,13,15-17H2,1-7H3,(H,28,33);7-11,13,22H,12,14-16H2,1-6H3,(H,28,32);7-13,23H,14-17H2,1-6H3,(H,27,31). The lowest BCUT2D eigenvalue weighted by molar-refractivity contribution is -0.155. The molecule has 0 aliphatic carbocycles. The van der Waals surface area contributed by atoms with Crippen LogP contribution in [0, 0.1) is 127 Å². The number of aryl methyl sites for hydroxylation is 11. The van der Waals surface area contributed by atoms with Crippen LogP contribution in [0.25, 0.3) is 0 Å². The van der Waals surface area contributed by atoms with Crippen molar-refractivity contribution in [3.63, 3.8) is 0 Å². The van der Waals surface area contributed by atoms with E-state index in [1.165, 1.54) is 85.5 Å². The van der Waals surface area contributed by atoms with E-state index in [1.54, 1.807) is 53.0 Å². The molecule has 0 spiro atoms. The zero-order chi connectivity index (χ0) is 102. The van der Waals surface area contributed by atoms with Crippen molar-refractivity contribution in [2.24, 2.45) is 45.3 Å². The molecule has 0 fully saturated rings. The average Bonchev–Trinajstić information content (AvgIpc) is 0.853. The average molecular weight is 1950 g/mol. The third-order valence-electron chi connectivity index (χ3n) is 22.0. The molecule has 21 nitrogen and oxygen atoms in total. The first-order valence-corrected chi connectivity index (χ1v) is 47.9. The van der Waals surface area contributed by atoms with Crippen molar-refractivity contribution in [3.05, 3.63) is 263 Å². The molecule has 0 radical (unpaired) electrons.